The third-order valence-corrected chi connectivity index (χ3v) is 3.95. The van der Waals surface area contributed by atoms with Crippen LogP contribution in [0.3, 0.4) is 0 Å². The number of carboxylic acid groups (broad SMARTS) is 2. The van der Waals surface area contributed by atoms with Crippen molar-refractivity contribution in [2.75, 3.05) is 0 Å². The van der Waals surface area contributed by atoms with Gasteiger partial charge < -0.3 is 10.2 Å². The molecular weight excluding hydrogens is 242 g/mol. The predicted molar refractivity (Wildman–Crippen MR) is 56.3 cm³/mol. The van der Waals surface area contributed by atoms with E-state index in [-0.39, 0.29) is 12.8 Å². The number of imide groups is 1. The molecule has 0 bridgehead atoms. The van der Waals surface area contributed by atoms with E-state index in [1.54, 1.807) is 0 Å². The number of carbonyl (C=O) groups excluding carboxylic acids is 2. The number of amides is 2. The van der Waals surface area contributed by atoms with Crippen molar-refractivity contribution in [2.45, 2.75) is 25.7 Å². The lowest BCUT2D eigenvalue weighted by molar-refractivity contribution is -0.169. The van der Waals surface area contributed by atoms with Crippen molar-refractivity contribution >= 4 is 23.8 Å². The standard InChI is InChI=1S/C11H13NO6/c13-7-5(9(15)16)11(3-1-2-4-11)6(10(17)18)8(14)12-7/h5-6H,1-4H2,(H,15,16)(H,17,18)(H,12,13,14). The summed E-state index contributed by atoms with van der Waals surface area (Å²) in [4.78, 5) is 45.8. The Labute approximate surface area is 102 Å². The molecule has 1 aliphatic heterocycles. The molecule has 0 aromatic rings. The normalized spacial score (nSPS) is 30.2. The largest absolute Gasteiger partial charge is 0.481 e. The molecule has 2 amide bonds. The lowest BCUT2D eigenvalue weighted by Crippen LogP contribution is -2.61. The molecule has 7 nitrogen and oxygen atoms in total. The number of aliphatic carboxylic acids is 2. The van der Waals surface area contributed by atoms with Crippen LogP contribution in [0.15, 0.2) is 0 Å². The van der Waals surface area contributed by atoms with Gasteiger partial charge in [-0.1, -0.05) is 12.8 Å². The van der Waals surface area contributed by atoms with Gasteiger partial charge in [-0.05, 0) is 12.8 Å². The van der Waals surface area contributed by atoms with E-state index in [2.05, 4.69) is 0 Å². The van der Waals surface area contributed by atoms with Crippen LogP contribution >= 0.6 is 0 Å². The van der Waals surface area contributed by atoms with Crippen LogP contribution in [0.4, 0.5) is 0 Å². The molecule has 3 N–H and O–H groups in total. The Kier molecular flexibility index (Phi) is 2.84. The molecule has 1 aliphatic carbocycles. The Morgan fingerprint density at radius 2 is 1.39 bits per heavy atom. The SMILES string of the molecule is O=C(O)C1C(=O)NC(=O)C(C(=O)O)C12CCCC2. The second-order valence-corrected chi connectivity index (χ2v) is 4.84. The summed E-state index contributed by atoms with van der Waals surface area (Å²) in [6, 6.07) is 0. The quantitative estimate of drug-likeness (QED) is 0.456. The second-order valence-electron chi connectivity index (χ2n) is 4.84. The van der Waals surface area contributed by atoms with Gasteiger partial charge in [0, 0.05) is 5.41 Å². The van der Waals surface area contributed by atoms with Crippen LogP contribution in [0, 0.1) is 17.3 Å². The summed E-state index contributed by atoms with van der Waals surface area (Å²) in [6.45, 7) is 0. The Bertz CT molecular complexity index is 403. The minimum atomic E-state index is -1.46. The summed E-state index contributed by atoms with van der Waals surface area (Å²) in [5.41, 5.74) is -1.27. The first-order chi connectivity index (χ1) is 8.40. The molecule has 0 radical (unpaired) electrons. The lowest BCUT2D eigenvalue weighted by atomic mass is 9.62. The molecule has 1 saturated carbocycles. The Hall–Kier alpha value is -1.92. The van der Waals surface area contributed by atoms with Gasteiger partial charge in [0.2, 0.25) is 11.8 Å². The van der Waals surface area contributed by atoms with E-state index in [4.69, 9.17) is 10.2 Å². The van der Waals surface area contributed by atoms with Crippen molar-refractivity contribution < 1.29 is 29.4 Å². The van der Waals surface area contributed by atoms with Crippen molar-refractivity contribution in [2.24, 2.45) is 17.3 Å². The maximum atomic E-state index is 11.7. The summed E-state index contributed by atoms with van der Waals surface area (Å²) in [6.07, 6.45) is 1.82. The number of hydrogen-bond donors (Lipinski definition) is 3. The maximum Gasteiger partial charge on any atom is 0.316 e. The van der Waals surface area contributed by atoms with Crippen LogP contribution in [0.1, 0.15) is 25.7 Å². The van der Waals surface area contributed by atoms with Gasteiger partial charge in [-0.2, -0.15) is 0 Å². The first-order valence-corrected chi connectivity index (χ1v) is 5.70. The summed E-state index contributed by atoms with van der Waals surface area (Å²) >= 11 is 0. The van der Waals surface area contributed by atoms with E-state index >= 15 is 0 Å². The third-order valence-electron chi connectivity index (χ3n) is 3.95. The van der Waals surface area contributed by atoms with E-state index in [1.807, 2.05) is 5.32 Å². The summed E-state index contributed by atoms with van der Waals surface area (Å²) in [5.74, 6) is -7.45. The zero-order valence-corrected chi connectivity index (χ0v) is 9.51. The highest BCUT2D eigenvalue weighted by atomic mass is 16.4. The molecule has 2 aliphatic rings. The molecule has 2 atom stereocenters. The first kappa shape index (κ1) is 12.5. The summed E-state index contributed by atoms with van der Waals surface area (Å²) in [7, 11) is 0. The monoisotopic (exact) mass is 255 g/mol. The fourth-order valence-corrected chi connectivity index (χ4v) is 3.28. The molecule has 98 valence electrons. The molecule has 18 heavy (non-hydrogen) atoms. The van der Waals surface area contributed by atoms with Crippen molar-refractivity contribution in [1.29, 1.82) is 0 Å². The van der Waals surface area contributed by atoms with Crippen molar-refractivity contribution in [3.8, 4) is 0 Å². The van der Waals surface area contributed by atoms with E-state index in [0.717, 1.165) is 0 Å². The first-order valence-electron chi connectivity index (χ1n) is 5.70. The van der Waals surface area contributed by atoms with Gasteiger partial charge in [0.15, 0.2) is 0 Å². The van der Waals surface area contributed by atoms with Gasteiger partial charge in [-0.25, -0.2) is 0 Å². The molecule has 0 aromatic heterocycles. The van der Waals surface area contributed by atoms with Crippen LogP contribution in [0.2, 0.25) is 0 Å². The maximum absolute atomic E-state index is 11.7. The average molecular weight is 255 g/mol. The smallest absolute Gasteiger partial charge is 0.316 e. The highest BCUT2D eigenvalue weighted by Crippen LogP contribution is 2.52. The summed E-state index contributed by atoms with van der Waals surface area (Å²) in [5, 5.41) is 20.2. The second kappa shape index (κ2) is 4.08. The van der Waals surface area contributed by atoms with Crippen molar-refractivity contribution in [3.63, 3.8) is 0 Å². The molecule has 0 aromatic carbocycles. The number of carboxylic acids is 2. The van der Waals surface area contributed by atoms with Gasteiger partial charge in [0.25, 0.3) is 0 Å². The van der Waals surface area contributed by atoms with Gasteiger partial charge >= 0.3 is 11.9 Å². The van der Waals surface area contributed by atoms with E-state index in [1.165, 1.54) is 0 Å². The summed E-state index contributed by atoms with van der Waals surface area (Å²) < 4.78 is 0. The third kappa shape index (κ3) is 1.58. The zero-order valence-electron chi connectivity index (χ0n) is 9.51. The number of rotatable bonds is 2. The molecule has 1 heterocycles. The number of hydrogen-bond acceptors (Lipinski definition) is 4. The van der Waals surface area contributed by atoms with Crippen LogP contribution in [0.25, 0.3) is 0 Å². The van der Waals surface area contributed by atoms with Gasteiger partial charge in [-0.3, -0.25) is 24.5 Å². The molecule has 2 fully saturated rings. The van der Waals surface area contributed by atoms with Crippen LogP contribution < -0.4 is 5.32 Å². The molecular formula is C11H13NO6. The highest BCUT2D eigenvalue weighted by molar-refractivity contribution is 6.14. The molecule has 2 rings (SSSR count). The molecule has 1 saturated heterocycles. The van der Waals surface area contributed by atoms with Crippen LogP contribution in [-0.4, -0.2) is 34.0 Å². The number of piperidine rings is 1. The molecule has 2 unspecified atom stereocenters. The predicted octanol–water partition coefficient (Wildman–Crippen LogP) is -0.395. The Morgan fingerprint density at radius 3 is 1.72 bits per heavy atom. The van der Waals surface area contributed by atoms with Gasteiger partial charge in [0.1, 0.15) is 11.8 Å². The highest BCUT2D eigenvalue weighted by Gasteiger charge is 2.62. The van der Waals surface area contributed by atoms with Crippen molar-refractivity contribution in [1.82, 2.24) is 5.32 Å². The number of carbonyl (C=O) groups is 4. The van der Waals surface area contributed by atoms with Gasteiger partial charge in [-0.15, -0.1) is 0 Å². The van der Waals surface area contributed by atoms with Crippen LogP contribution in [0.5, 0.6) is 0 Å². The minimum Gasteiger partial charge on any atom is -0.481 e. The number of nitrogens with one attached hydrogen (secondary N) is 1. The van der Waals surface area contributed by atoms with E-state index in [9.17, 15) is 19.2 Å². The fraction of sp³-hybridized carbons (Fsp3) is 0.636. The molecule has 7 heteroatoms. The van der Waals surface area contributed by atoms with Crippen LogP contribution in [-0.2, 0) is 19.2 Å². The topological polar surface area (TPSA) is 121 Å². The Morgan fingerprint density at radius 1 is 1.00 bits per heavy atom. The van der Waals surface area contributed by atoms with Gasteiger partial charge in [0.05, 0.1) is 0 Å². The minimum absolute atomic E-state index is 0.278. The van der Waals surface area contributed by atoms with Crippen molar-refractivity contribution in [3.05, 3.63) is 0 Å². The van der Waals surface area contributed by atoms with E-state index < -0.39 is 41.0 Å². The zero-order chi connectivity index (χ0) is 13.5. The van der Waals surface area contributed by atoms with E-state index in [0.29, 0.717) is 12.8 Å². The Balaban J connectivity index is 2.53. The molecule has 1 spiro atoms. The average Bonchev–Trinajstić information content (AvgIpc) is 2.64. The fourth-order valence-electron chi connectivity index (χ4n) is 3.28. The lowest BCUT2D eigenvalue weighted by Gasteiger charge is -2.41.